The Bertz CT molecular complexity index is 734. The molecule has 0 radical (unpaired) electrons. The van der Waals surface area contributed by atoms with Crippen LogP contribution >= 0.6 is 0 Å². The average molecular weight is 326 g/mol. The van der Waals surface area contributed by atoms with E-state index < -0.39 is 0 Å². The Morgan fingerprint density at radius 1 is 1.29 bits per heavy atom. The minimum absolute atomic E-state index is 0.118. The molecule has 1 N–H and O–H groups in total. The van der Waals surface area contributed by atoms with Crippen molar-refractivity contribution in [1.82, 2.24) is 19.8 Å². The molecule has 0 spiro atoms. The van der Waals surface area contributed by atoms with Crippen molar-refractivity contribution in [3.63, 3.8) is 0 Å². The van der Waals surface area contributed by atoms with Crippen LogP contribution in [-0.4, -0.2) is 40.0 Å². The topological polar surface area (TPSA) is 50.2 Å². The zero-order valence-electron chi connectivity index (χ0n) is 14.4. The number of hydrogen-bond acceptors (Lipinski definition) is 3. The number of imidazole rings is 1. The summed E-state index contributed by atoms with van der Waals surface area (Å²) in [6.45, 7) is 5.32. The van der Waals surface area contributed by atoms with Crippen molar-refractivity contribution in [3.05, 3.63) is 30.1 Å². The molecule has 1 atom stereocenters. The molecule has 1 amide bonds. The quantitative estimate of drug-likeness (QED) is 0.888. The van der Waals surface area contributed by atoms with E-state index in [4.69, 9.17) is 4.98 Å². The minimum Gasteiger partial charge on any atom is -0.331 e. The number of amides is 1. The number of likely N-dealkylation sites (tertiary alicyclic amines) is 1. The van der Waals surface area contributed by atoms with Gasteiger partial charge in [-0.1, -0.05) is 12.1 Å². The highest BCUT2D eigenvalue weighted by Gasteiger charge is 2.33. The van der Waals surface area contributed by atoms with Crippen LogP contribution in [0.3, 0.4) is 0 Å². The van der Waals surface area contributed by atoms with Gasteiger partial charge in [-0.05, 0) is 57.2 Å². The van der Waals surface area contributed by atoms with E-state index in [2.05, 4.69) is 35.0 Å². The second kappa shape index (κ2) is 6.55. The minimum atomic E-state index is 0.118. The Hall–Kier alpha value is -1.88. The van der Waals surface area contributed by atoms with Crippen molar-refractivity contribution in [2.75, 3.05) is 19.6 Å². The summed E-state index contributed by atoms with van der Waals surface area (Å²) < 4.78 is 2.27. The number of aryl methyl sites for hydroxylation is 1. The van der Waals surface area contributed by atoms with Crippen LogP contribution in [0.25, 0.3) is 11.0 Å². The van der Waals surface area contributed by atoms with Crippen molar-refractivity contribution >= 4 is 16.9 Å². The van der Waals surface area contributed by atoms with Crippen LogP contribution in [0.4, 0.5) is 0 Å². The number of nitrogens with one attached hydrogen (secondary N) is 1. The number of rotatable bonds is 6. The molecule has 1 saturated carbocycles. The van der Waals surface area contributed by atoms with Gasteiger partial charge in [-0.2, -0.15) is 0 Å². The summed E-state index contributed by atoms with van der Waals surface area (Å²) in [7, 11) is 0. The SMILES string of the molecule is CCn1c(C2CCCN2C(=O)CNCC2CC2)nc2ccccc21. The molecule has 2 heterocycles. The second-order valence-corrected chi connectivity index (χ2v) is 7.02. The van der Waals surface area contributed by atoms with E-state index >= 15 is 0 Å². The molecule has 5 heteroatoms. The maximum absolute atomic E-state index is 12.7. The molecule has 1 saturated heterocycles. The first kappa shape index (κ1) is 15.6. The second-order valence-electron chi connectivity index (χ2n) is 7.02. The molecule has 1 aromatic heterocycles. The fraction of sp³-hybridized carbons (Fsp3) is 0.579. The largest absolute Gasteiger partial charge is 0.331 e. The zero-order chi connectivity index (χ0) is 16.5. The van der Waals surface area contributed by atoms with Crippen molar-refractivity contribution in [2.24, 2.45) is 5.92 Å². The number of carbonyl (C=O) groups excluding carboxylic acids is 1. The smallest absolute Gasteiger partial charge is 0.237 e. The third-order valence-electron chi connectivity index (χ3n) is 5.28. The predicted molar refractivity (Wildman–Crippen MR) is 94.7 cm³/mol. The number of aromatic nitrogens is 2. The van der Waals surface area contributed by atoms with E-state index in [1.165, 1.54) is 18.4 Å². The highest BCUT2D eigenvalue weighted by atomic mass is 16.2. The van der Waals surface area contributed by atoms with Crippen molar-refractivity contribution in [1.29, 1.82) is 0 Å². The van der Waals surface area contributed by atoms with E-state index in [0.29, 0.717) is 6.54 Å². The van der Waals surface area contributed by atoms with Crippen molar-refractivity contribution < 1.29 is 4.79 Å². The highest BCUT2D eigenvalue weighted by molar-refractivity contribution is 5.80. The van der Waals surface area contributed by atoms with Gasteiger partial charge in [0, 0.05) is 13.1 Å². The van der Waals surface area contributed by atoms with Crippen molar-refractivity contribution in [2.45, 2.75) is 45.2 Å². The van der Waals surface area contributed by atoms with Gasteiger partial charge >= 0.3 is 0 Å². The van der Waals surface area contributed by atoms with E-state index in [-0.39, 0.29) is 11.9 Å². The van der Waals surface area contributed by atoms with Crippen LogP contribution in [0, 0.1) is 5.92 Å². The molecule has 5 nitrogen and oxygen atoms in total. The molecule has 2 fully saturated rings. The number of benzene rings is 1. The fourth-order valence-electron chi connectivity index (χ4n) is 3.82. The lowest BCUT2D eigenvalue weighted by atomic mass is 10.2. The average Bonchev–Trinajstić information content (AvgIpc) is 3.16. The molecule has 0 bridgehead atoms. The van der Waals surface area contributed by atoms with E-state index in [1.807, 2.05) is 11.0 Å². The van der Waals surface area contributed by atoms with E-state index in [1.54, 1.807) is 0 Å². The van der Waals surface area contributed by atoms with Crippen LogP contribution < -0.4 is 5.32 Å². The fourth-order valence-corrected chi connectivity index (χ4v) is 3.82. The van der Waals surface area contributed by atoms with Crippen LogP contribution in [0.1, 0.15) is 44.5 Å². The summed E-state index contributed by atoms with van der Waals surface area (Å²) in [5.74, 6) is 2.07. The summed E-state index contributed by atoms with van der Waals surface area (Å²) >= 11 is 0. The number of carbonyl (C=O) groups is 1. The van der Waals surface area contributed by atoms with Gasteiger partial charge in [0.05, 0.1) is 23.6 Å². The summed E-state index contributed by atoms with van der Waals surface area (Å²) in [4.78, 5) is 19.6. The van der Waals surface area contributed by atoms with Gasteiger partial charge in [-0.3, -0.25) is 4.79 Å². The van der Waals surface area contributed by atoms with E-state index in [0.717, 1.165) is 49.7 Å². The molecular weight excluding hydrogens is 300 g/mol. The lowest BCUT2D eigenvalue weighted by Gasteiger charge is -2.25. The Morgan fingerprint density at radius 2 is 2.12 bits per heavy atom. The molecule has 128 valence electrons. The molecule has 4 rings (SSSR count). The summed E-state index contributed by atoms with van der Waals surface area (Å²) in [6.07, 6.45) is 4.70. The van der Waals surface area contributed by atoms with Crippen LogP contribution in [0.15, 0.2) is 24.3 Å². The first-order chi connectivity index (χ1) is 11.8. The normalized spacial score (nSPS) is 20.9. The molecule has 2 aliphatic rings. The maximum atomic E-state index is 12.7. The third kappa shape index (κ3) is 2.93. The lowest BCUT2D eigenvalue weighted by Crippen LogP contribution is -2.39. The summed E-state index contributed by atoms with van der Waals surface area (Å²) in [5.41, 5.74) is 2.20. The van der Waals surface area contributed by atoms with Gasteiger partial charge in [-0.25, -0.2) is 4.98 Å². The summed E-state index contributed by atoms with van der Waals surface area (Å²) in [5, 5.41) is 3.33. The van der Waals surface area contributed by atoms with Gasteiger partial charge in [0.1, 0.15) is 5.82 Å². The Balaban J connectivity index is 1.54. The molecule has 1 unspecified atom stereocenters. The number of fused-ring (bicyclic) bond motifs is 1. The van der Waals surface area contributed by atoms with Crippen LogP contribution in [0.2, 0.25) is 0 Å². The lowest BCUT2D eigenvalue weighted by molar-refractivity contribution is -0.131. The summed E-state index contributed by atoms with van der Waals surface area (Å²) in [6, 6.07) is 8.38. The number of para-hydroxylation sites is 2. The molecule has 1 aliphatic heterocycles. The monoisotopic (exact) mass is 326 g/mol. The van der Waals surface area contributed by atoms with Gasteiger partial charge in [-0.15, -0.1) is 0 Å². The van der Waals surface area contributed by atoms with Gasteiger partial charge in [0.2, 0.25) is 5.91 Å². The number of hydrogen-bond donors (Lipinski definition) is 1. The van der Waals surface area contributed by atoms with Crippen LogP contribution in [0.5, 0.6) is 0 Å². The molecular formula is C19H26N4O. The van der Waals surface area contributed by atoms with E-state index in [9.17, 15) is 4.79 Å². The molecule has 2 aromatic rings. The first-order valence-corrected chi connectivity index (χ1v) is 9.23. The van der Waals surface area contributed by atoms with Crippen LogP contribution in [-0.2, 0) is 11.3 Å². The third-order valence-corrected chi connectivity index (χ3v) is 5.28. The Labute approximate surface area is 143 Å². The Kier molecular flexibility index (Phi) is 4.27. The van der Waals surface area contributed by atoms with Crippen molar-refractivity contribution in [3.8, 4) is 0 Å². The van der Waals surface area contributed by atoms with Gasteiger partial charge in [0.25, 0.3) is 0 Å². The number of nitrogens with zero attached hydrogens (tertiary/aromatic N) is 3. The standard InChI is InChI=1S/C19H26N4O/c1-2-22-16-7-4-3-6-15(16)21-19(22)17-8-5-11-23(17)18(24)13-20-12-14-9-10-14/h3-4,6-7,14,17,20H,2,5,8-13H2,1H3. The first-order valence-electron chi connectivity index (χ1n) is 9.23. The molecule has 24 heavy (non-hydrogen) atoms. The molecule has 1 aliphatic carbocycles. The predicted octanol–water partition coefficient (Wildman–Crippen LogP) is 2.72. The molecule has 1 aromatic carbocycles. The van der Waals surface area contributed by atoms with Gasteiger partial charge in [0.15, 0.2) is 0 Å². The zero-order valence-corrected chi connectivity index (χ0v) is 14.4. The maximum Gasteiger partial charge on any atom is 0.237 e. The Morgan fingerprint density at radius 3 is 2.92 bits per heavy atom. The highest BCUT2D eigenvalue weighted by Crippen LogP contribution is 2.33. The van der Waals surface area contributed by atoms with Gasteiger partial charge < -0.3 is 14.8 Å².